The lowest BCUT2D eigenvalue weighted by Crippen LogP contribution is -2.57. The van der Waals surface area contributed by atoms with Gasteiger partial charge in [-0.05, 0) is 29.3 Å². The Bertz CT molecular complexity index is 1350. The number of H-pyrrole nitrogens is 1. The van der Waals surface area contributed by atoms with Gasteiger partial charge in [0.1, 0.15) is 24.4 Å². The zero-order valence-electron chi connectivity index (χ0n) is 20.7. The SMILES string of the molecule is NC(CC(=O)O)C(=O)NC(Cc1c[nH]c2ccccc12)C(=O)NC(Cc1ccc(O)cc1)C(=O)NCC(=O)O. The highest BCUT2D eigenvalue weighted by Crippen LogP contribution is 2.19. The molecule has 0 aliphatic heterocycles. The molecule has 0 fully saturated rings. The second kappa shape index (κ2) is 13.1. The number of carboxylic acids is 2. The molecule has 1 aromatic heterocycles. The molecule has 0 radical (unpaired) electrons. The number of carbonyl (C=O) groups is 5. The first-order chi connectivity index (χ1) is 18.5. The number of phenolic OH excluding ortho intramolecular Hbond substituents is 1. The predicted octanol–water partition coefficient (Wildman–Crippen LogP) is -0.369. The fraction of sp³-hybridized carbons (Fsp3) is 0.269. The Kier molecular flexibility index (Phi) is 9.59. The molecule has 1 heterocycles. The Hall–Kier alpha value is -4.91. The predicted molar refractivity (Wildman–Crippen MR) is 139 cm³/mol. The number of aromatic amines is 1. The molecule has 13 heteroatoms. The van der Waals surface area contributed by atoms with Crippen LogP contribution in [-0.2, 0) is 36.8 Å². The molecule has 2 aromatic carbocycles. The van der Waals surface area contributed by atoms with Crippen molar-refractivity contribution in [2.75, 3.05) is 6.54 Å². The number of carbonyl (C=O) groups excluding carboxylic acids is 3. The van der Waals surface area contributed by atoms with Crippen molar-refractivity contribution in [2.45, 2.75) is 37.4 Å². The molecule has 13 nitrogen and oxygen atoms in total. The van der Waals surface area contributed by atoms with Crippen molar-refractivity contribution in [3.05, 3.63) is 65.9 Å². The number of aromatic hydroxyl groups is 1. The highest BCUT2D eigenvalue weighted by molar-refractivity contribution is 5.95. The number of hydrogen-bond acceptors (Lipinski definition) is 7. The maximum atomic E-state index is 13.5. The van der Waals surface area contributed by atoms with Crippen LogP contribution in [0.3, 0.4) is 0 Å². The maximum Gasteiger partial charge on any atom is 0.322 e. The average Bonchev–Trinajstić information content (AvgIpc) is 3.30. The van der Waals surface area contributed by atoms with Gasteiger partial charge in [0.25, 0.3) is 0 Å². The summed E-state index contributed by atoms with van der Waals surface area (Å²) in [6, 6.07) is 9.22. The molecule has 0 saturated carbocycles. The van der Waals surface area contributed by atoms with Gasteiger partial charge in [0.15, 0.2) is 0 Å². The van der Waals surface area contributed by atoms with Crippen molar-refractivity contribution in [3.63, 3.8) is 0 Å². The Morgan fingerprint density at radius 2 is 1.46 bits per heavy atom. The van der Waals surface area contributed by atoms with E-state index in [4.69, 9.17) is 15.9 Å². The number of benzene rings is 2. The Morgan fingerprint density at radius 3 is 2.13 bits per heavy atom. The van der Waals surface area contributed by atoms with Crippen LogP contribution in [0.1, 0.15) is 17.5 Å². The molecular formula is C26H29N5O8. The van der Waals surface area contributed by atoms with E-state index < -0.39 is 60.8 Å². The van der Waals surface area contributed by atoms with Crippen LogP contribution in [0.2, 0.25) is 0 Å². The lowest BCUT2D eigenvalue weighted by Gasteiger charge is -2.24. The van der Waals surface area contributed by atoms with Gasteiger partial charge in [-0.2, -0.15) is 0 Å². The summed E-state index contributed by atoms with van der Waals surface area (Å²) in [4.78, 5) is 64.0. The highest BCUT2D eigenvalue weighted by atomic mass is 16.4. The topological polar surface area (TPSA) is 224 Å². The monoisotopic (exact) mass is 539 g/mol. The Labute approximate surface area is 222 Å². The Morgan fingerprint density at radius 1 is 0.821 bits per heavy atom. The summed E-state index contributed by atoms with van der Waals surface area (Å²) in [7, 11) is 0. The molecule has 3 aromatic rings. The zero-order chi connectivity index (χ0) is 28.5. The van der Waals surface area contributed by atoms with E-state index in [-0.39, 0.29) is 18.6 Å². The van der Waals surface area contributed by atoms with E-state index in [9.17, 15) is 29.1 Å². The van der Waals surface area contributed by atoms with Crippen LogP contribution in [-0.4, -0.2) is 74.6 Å². The van der Waals surface area contributed by atoms with Crippen LogP contribution in [0.25, 0.3) is 10.9 Å². The number of phenols is 1. The Balaban J connectivity index is 1.86. The van der Waals surface area contributed by atoms with Crippen LogP contribution < -0.4 is 21.7 Å². The van der Waals surface area contributed by atoms with E-state index in [1.807, 2.05) is 18.2 Å². The summed E-state index contributed by atoms with van der Waals surface area (Å²) in [5.41, 5.74) is 7.71. The number of fused-ring (bicyclic) bond motifs is 1. The van der Waals surface area contributed by atoms with Gasteiger partial charge in [-0.1, -0.05) is 30.3 Å². The molecule has 206 valence electrons. The van der Waals surface area contributed by atoms with Gasteiger partial charge in [-0.15, -0.1) is 0 Å². The zero-order valence-corrected chi connectivity index (χ0v) is 20.7. The van der Waals surface area contributed by atoms with Crippen molar-refractivity contribution in [2.24, 2.45) is 5.73 Å². The summed E-state index contributed by atoms with van der Waals surface area (Å²) in [5, 5.41) is 35.5. The minimum Gasteiger partial charge on any atom is -0.508 e. The lowest BCUT2D eigenvalue weighted by atomic mass is 10.0. The largest absolute Gasteiger partial charge is 0.508 e. The van der Waals surface area contributed by atoms with Gasteiger partial charge in [0.2, 0.25) is 17.7 Å². The summed E-state index contributed by atoms with van der Waals surface area (Å²) in [5.74, 6) is -5.00. The summed E-state index contributed by atoms with van der Waals surface area (Å²) in [6.07, 6.45) is 0.934. The fourth-order valence-electron chi connectivity index (χ4n) is 3.92. The third-order valence-corrected chi connectivity index (χ3v) is 5.89. The number of aromatic nitrogens is 1. The molecule has 0 bridgehead atoms. The van der Waals surface area contributed by atoms with E-state index in [1.54, 1.807) is 12.3 Å². The summed E-state index contributed by atoms with van der Waals surface area (Å²) in [6.45, 7) is -0.680. The molecule has 3 atom stereocenters. The summed E-state index contributed by atoms with van der Waals surface area (Å²) < 4.78 is 0. The molecule has 0 spiro atoms. The number of nitrogens with two attached hydrogens (primary N) is 1. The van der Waals surface area contributed by atoms with Crippen LogP contribution in [0.5, 0.6) is 5.75 Å². The lowest BCUT2D eigenvalue weighted by molar-refractivity contribution is -0.139. The van der Waals surface area contributed by atoms with Gasteiger partial charge in [0.05, 0.1) is 12.5 Å². The molecule has 3 unspecified atom stereocenters. The van der Waals surface area contributed by atoms with Crippen molar-refractivity contribution in [1.29, 1.82) is 0 Å². The number of carboxylic acid groups (broad SMARTS) is 2. The van der Waals surface area contributed by atoms with Crippen LogP contribution >= 0.6 is 0 Å². The van der Waals surface area contributed by atoms with Crippen molar-refractivity contribution < 1.29 is 39.3 Å². The van der Waals surface area contributed by atoms with E-state index >= 15 is 0 Å². The standard InChI is InChI=1S/C26H29N5O8/c27-18(11-22(33)34)24(37)30-21(10-15-12-28-19-4-2-1-3-17(15)19)26(39)31-20(25(38)29-13-23(35)36)9-14-5-7-16(32)8-6-14/h1-8,12,18,20-21,28,32H,9-11,13,27H2,(H,29,38)(H,30,37)(H,31,39)(H,33,34)(H,35,36). The number of rotatable bonds is 13. The number of aliphatic carboxylic acids is 2. The molecule has 0 saturated heterocycles. The molecule has 0 aliphatic carbocycles. The third-order valence-electron chi connectivity index (χ3n) is 5.89. The fourth-order valence-corrected chi connectivity index (χ4v) is 3.92. The number of nitrogens with one attached hydrogen (secondary N) is 4. The first-order valence-corrected chi connectivity index (χ1v) is 11.9. The number of amides is 3. The van der Waals surface area contributed by atoms with E-state index in [1.165, 1.54) is 24.3 Å². The minimum absolute atomic E-state index is 0.00568. The smallest absolute Gasteiger partial charge is 0.322 e. The maximum absolute atomic E-state index is 13.5. The number of hydrogen-bond donors (Lipinski definition) is 8. The van der Waals surface area contributed by atoms with E-state index in [2.05, 4.69) is 20.9 Å². The minimum atomic E-state index is -1.42. The van der Waals surface area contributed by atoms with Gasteiger partial charge in [-0.3, -0.25) is 24.0 Å². The molecular weight excluding hydrogens is 510 g/mol. The first-order valence-electron chi connectivity index (χ1n) is 11.9. The third kappa shape index (κ3) is 8.30. The van der Waals surface area contributed by atoms with Crippen molar-refractivity contribution in [3.8, 4) is 5.75 Å². The molecule has 9 N–H and O–H groups in total. The molecule has 3 rings (SSSR count). The van der Waals surface area contributed by atoms with E-state index in [0.29, 0.717) is 11.1 Å². The quantitative estimate of drug-likeness (QED) is 0.142. The highest BCUT2D eigenvalue weighted by Gasteiger charge is 2.30. The molecule has 39 heavy (non-hydrogen) atoms. The van der Waals surface area contributed by atoms with Crippen LogP contribution in [0, 0.1) is 0 Å². The van der Waals surface area contributed by atoms with Gasteiger partial charge < -0.3 is 42.0 Å². The average molecular weight is 540 g/mol. The summed E-state index contributed by atoms with van der Waals surface area (Å²) >= 11 is 0. The van der Waals surface area contributed by atoms with Crippen LogP contribution in [0.15, 0.2) is 54.7 Å². The van der Waals surface area contributed by atoms with E-state index in [0.717, 1.165) is 10.9 Å². The molecule has 3 amide bonds. The second-order valence-corrected chi connectivity index (χ2v) is 8.87. The van der Waals surface area contributed by atoms with Crippen molar-refractivity contribution >= 4 is 40.6 Å². The van der Waals surface area contributed by atoms with Gasteiger partial charge in [-0.25, -0.2) is 0 Å². The number of para-hydroxylation sites is 1. The normalized spacial score (nSPS) is 13.2. The van der Waals surface area contributed by atoms with Gasteiger partial charge >= 0.3 is 11.9 Å². The second-order valence-electron chi connectivity index (χ2n) is 8.87. The van der Waals surface area contributed by atoms with Crippen LogP contribution in [0.4, 0.5) is 0 Å². The first kappa shape index (κ1) is 28.7. The van der Waals surface area contributed by atoms with Gasteiger partial charge in [0, 0.05) is 29.9 Å². The molecule has 0 aliphatic rings. The van der Waals surface area contributed by atoms with Crippen molar-refractivity contribution in [1.82, 2.24) is 20.9 Å².